The number of fused-ring (bicyclic) bond motifs is 1. The Labute approximate surface area is 144 Å². The zero-order chi connectivity index (χ0) is 17.2. The number of ether oxygens (including phenoxy) is 1. The topological polar surface area (TPSA) is 77.2 Å². The van der Waals surface area contributed by atoms with Gasteiger partial charge in [0.1, 0.15) is 5.75 Å². The van der Waals surface area contributed by atoms with Crippen LogP contribution in [0.1, 0.15) is 17.0 Å². The molecule has 25 heavy (non-hydrogen) atoms. The minimum absolute atomic E-state index is 0.103. The molecule has 126 valence electrons. The smallest absolute Gasteiger partial charge is 0.261 e. The molecule has 2 aromatic carbocycles. The molecule has 6 nitrogen and oxygen atoms in total. The number of rotatable bonds is 4. The minimum atomic E-state index is -0.459. The van der Waals surface area contributed by atoms with Gasteiger partial charge in [0.25, 0.3) is 5.91 Å². The van der Waals surface area contributed by atoms with Crippen LogP contribution in [-0.2, 0) is 17.8 Å². The van der Waals surface area contributed by atoms with E-state index in [9.17, 15) is 4.79 Å². The molecule has 0 radical (unpaired) electrons. The number of benzene rings is 2. The number of carbonyl (C=O) groups excluding carboxylic acids is 1. The zero-order valence-corrected chi connectivity index (χ0v) is 13.7. The summed E-state index contributed by atoms with van der Waals surface area (Å²) in [5.74, 6) is 1.78. The lowest BCUT2D eigenvalue weighted by Crippen LogP contribution is -2.36. The molecule has 0 spiro atoms. The van der Waals surface area contributed by atoms with Crippen LogP contribution in [0, 0.1) is 6.92 Å². The highest BCUT2D eigenvalue weighted by Gasteiger charge is 2.28. The molecule has 0 unspecified atom stereocenters. The summed E-state index contributed by atoms with van der Waals surface area (Å²) in [5, 5.41) is 6.81. The maximum atomic E-state index is 12.3. The first kappa shape index (κ1) is 15.4. The summed E-state index contributed by atoms with van der Waals surface area (Å²) in [6.45, 7) is 2.20. The second kappa shape index (κ2) is 6.39. The van der Waals surface area contributed by atoms with Crippen LogP contribution < -0.4 is 10.1 Å². The average molecular weight is 335 g/mol. The number of hydrogen-bond donors (Lipinski definition) is 1. The highest BCUT2D eigenvalue weighted by molar-refractivity contribution is 5.82. The van der Waals surface area contributed by atoms with E-state index in [1.807, 2.05) is 48.5 Å². The average Bonchev–Trinajstić information content (AvgIpc) is 3.26. The van der Waals surface area contributed by atoms with Crippen LogP contribution in [0.5, 0.6) is 5.75 Å². The maximum Gasteiger partial charge on any atom is 0.261 e. The Morgan fingerprint density at radius 3 is 2.72 bits per heavy atom. The van der Waals surface area contributed by atoms with E-state index in [1.165, 1.54) is 0 Å². The van der Waals surface area contributed by atoms with Crippen molar-refractivity contribution >= 4 is 5.91 Å². The summed E-state index contributed by atoms with van der Waals surface area (Å²) < 4.78 is 10.7. The molecule has 0 bridgehead atoms. The van der Waals surface area contributed by atoms with Crippen LogP contribution in [0.2, 0.25) is 0 Å². The molecule has 0 fully saturated rings. The summed E-state index contributed by atoms with van der Waals surface area (Å²) in [4.78, 5) is 16.5. The lowest BCUT2D eigenvalue weighted by molar-refractivity contribution is -0.127. The minimum Gasteiger partial charge on any atom is -0.480 e. The van der Waals surface area contributed by atoms with E-state index >= 15 is 0 Å². The Kier molecular flexibility index (Phi) is 3.93. The van der Waals surface area contributed by atoms with Crippen molar-refractivity contribution in [3.63, 3.8) is 0 Å². The molecule has 1 aliphatic heterocycles. The summed E-state index contributed by atoms with van der Waals surface area (Å²) >= 11 is 0. The van der Waals surface area contributed by atoms with Gasteiger partial charge in [-0.05, 0) is 17.2 Å². The Hall–Kier alpha value is -3.15. The third kappa shape index (κ3) is 3.24. The van der Waals surface area contributed by atoms with Gasteiger partial charge in [-0.1, -0.05) is 47.6 Å². The van der Waals surface area contributed by atoms with Gasteiger partial charge < -0.3 is 14.6 Å². The van der Waals surface area contributed by atoms with Crippen molar-refractivity contribution in [1.82, 2.24) is 15.5 Å². The van der Waals surface area contributed by atoms with Gasteiger partial charge in [-0.2, -0.15) is 4.98 Å². The second-order valence-electron chi connectivity index (χ2n) is 5.97. The number of carbonyl (C=O) groups is 1. The van der Waals surface area contributed by atoms with Crippen LogP contribution in [0.4, 0.5) is 0 Å². The van der Waals surface area contributed by atoms with Gasteiger partial charge in [0.15, 0.2) is 6.10 Å². The van der Waals surface area contributed by atoms with Crippen molar-refractivity contribution in [3.05, 3.63) is 65.5 Å². The molecule has 1 atom stereocenters. The van der Waals surface area contributed by atoms with Gasteiger partial charge >= 0.3 is 0 Å². The number of aryl methyl sites for hydroxylation is 1. The second-order valence-corrected chi connectivity index (χ2v) is 5.97. The summed E-state index contributed by atoms with van der Waals surface area (Å²) in [6.07, 6.45) is 0.150. The highest BCUT2D eigenvalue weighted by atomic mass is 16.5. The third-order valence-electron chi connectivity index (χ3n) is 4.15. The van der Waals surface area contributed by atoms with E-state index in [2.05, 4.69) is 15.5 Å². The molecule has 0 aliphatic carbocycles. The predicted molar refractivity (Wildman–Crippen MR) is 90.9 cm³/mol. The number of aromatic nitrogens is 2. The number of nitrogens with one attached hydrogen (secondary N) is 1. The molecule has 1 amide bonds. The van der Waals surface area contributed by atoms with Crippen LogP contribution in [0.25, 0.3) is 11.4 Å². The van der Waals surface area contributed by atoms with Crippen molar-refractivity contribution in [2.75, 3.05) is 0 Å². The van der Waals surface area contributed by atoms with Crippen molar-refractivity contribution in [3.8, 4) is 17.1 Å². The zero-order valence-electron chi connectivity index (χ0n) is 13.7. The molecule has 1 N–H and O–H groups in total. The van der Waals surface area contributed by atoms with E-state index in [-0.39, 0.29) is 5.91 Å². The van der Waals surface area contributed by atoms with Crippen LogP contribution >= 0.6 is 0 Å². The molecular formula is C19H17N3O3. The fourth-order valence-electron chi connectivity index (χ4n) is 2.82. The Balaban J connectivity index is 1.35. The van der Waals surface area contributed by atoms with Gasteiger partial charge in [0, 0.05) is 25.5 Å². The first-order chi connectivity index (χ1) is 12.2. The number of amides is 1. The SMILES string of the molecule is Cc1nc(-c2ccc(CNC(=O)[C@@H]3Cc4ccccc4O3)cc2)no1. The molecule has 1 aliphatic rings. The van der Waals surface area contributed by atoms with Crippen molar-refractivity contribution in [2.24, 2.45) is 0 Å². The molecule has 6 heteroatoms. The molecule has 2 heterocycles. The Morgan fingerprint density at radius 2 is 2.00 bits per heavy atom. The van der Waals surface area contributed by atoms with Crippen LogP contribution in [-0.4, -0.2) is 22.2 Å². The molecule has 1 aromatic heterocycles. The summed E-state index contributed by atoms with van der Waals surface area (Å²) in [7, 11) is 0. The molecule has 4 rings (SSSR count). The first-order valence-electron chi connectivity index (χ1n) is 8.11. The van der Waals surface area contributed by atoms with E-state index in [0.29, 0.717) is 24.7 Å². The standard InChI is InChI=1S/C19H17N3O3/c1-12-21-18(22-25-12)14-8-6-13(7-9-14)11-20-19(23)17-10-15-4-2-3-5-16(15)24-17/h2-9,17H,10-11H2,1H3,(H,20,23)/t17-/m0/s1. The largest absolute Gasteiger partial charge is 0.480 e. The fourth-order valence-corrected chi connectivity index (χ4v) is 2.82. The highest BCUT2D eigenvalue weighted by Crippen LogP contribution is 2.28. The van der Waals surface area contributed by atoms with E-state index in [1.54, 1.807) is 6.92 Å². The summed E-state index contributed by atoms with van der Waals surface area (Å²) in [6, 6.07) is 15.4. The van der Waals surface area contributed by atoms with Crippen LogP contribution in [0.15, 0.2) is 53.1 Å². The maximum absolute atomic E-state index is 12.3. The monoisotopic (exact) mass is 335 g/mol. The molecule has 0 saturated carbocycles. The predicted octanol–water partition coefficient (Wildman–Crippen LogP) is 2.66. The molecular weight excluding hydrogens is 318 g/mol. The van der Waals surface area contributed by atoms with Gasteiger partial charge in [-0.15, -0.1) is 0 Å². The molecule has 0 saturated heterocycles. The normalized spacial score (nSPS) is 15.5. The molecule has 3 aromatic rings. The fraction of sp³-hybridized carbons (Fsp3) is 0.211. The number of nitrogens with zero attached hydrogens (tertiary/aromatic N) is 2. The van der Waals surface area contributed by atoms with Gasteiger partial charge in [0.2, 0.25) is 11.7 Å². The van der Waals surface area contributed by atoms with Gasteiger partial charge in [-0.25, -0.2) is 0 Å². The van der Waals surface area contributed by atoms with Gasteiger partial charge in [0.05, 0.1) is 0 Å². The van der Waals surface area contributed by atoms with E-state index in [4.69, 9.17) is 9.26 Å². The van der Waals surface area contributed by atoms with Gasteiger partial charge in [-0.3, -0.25) is 4.79 Å². The van der Waals surface area contributed by atoms with Crippen molar-refractivity contribution < 1.29 is 14.1 Å². The number of hydrogen-bond acceptors (Lipinski definition) is 5. The first-order valence-corrected chi connectivity index (χ1v) is 8.11. The van der Waals surface area contributed by atoms with Crippen LogP contribution in [0.3, 0.4) is 0 Å². The summed E-state index contributed by atoms with van der Waals surface area (Å²) in [5.41, 5.74) is 2.94. The third-order valence-corrected chi connectivity index (χ3v) is 4.15. The Bertz CT molecular complexity index is 877. The lowest BCUT2D eigenvalue weighted by Gasteiger charge is -2.11. The van der Waals surface area contributed by atoms with E-state index < -0.39 is 6.10 Å². The van der Waals surface area contributed by atoms with E-state index in [0.717, 1.165) is 22.4 Å². The quantitative estimate of drug-likeness (QED) is 0.793. The number of para-hydroxylation sites is 1. The lowest BCUT2D eigenvalue weighted by atomic mass is 10.1. The Morgan fingerprint density at radius 1 is 1.20 bits per heavy atom. The van der Waals surface area contributed by atoms with Crippen molar-refractivity contribution in [1.29, 1.82) is 0 Å². The van der Waals surface area contributed by atoms with Crippen molar-refractivity contribution in [2.45, 2.75) is 26.0 Å².